The van der Waals surface area contributed by atoms with E-state index in [0.29, 0.717) is 12.8 Å². The smallest absolute Gasteiger partial charge is 0.0697 e. The normalized spacial score (nSPS) is 13.5. The van der Waals surface area contributed by atoms with E-state index in [0.717, 1.165) is 0 Å². The summed E-state index contributed by atoms with van der Waals surface area (Å²) < 4.78 is 0. The number of nitrogens with zero attached hydrogens (tertiary/aromatic N) is 2. The van der Waals surface area contributed by atoms with Crippen molar-refractivity contribution >= 4 is 0 Å². The SMILES string of the molecule is C=CC(C#N)CCC(C#N)C=C. The lowest BCUT2D eigenvalue weighted by atomic mass is 9.98. The van der Waals surface area contributed by atoms with Crippen LogP contribution in [0.2, 0.25) is 0 Å². The number of rotatable bonds is 5. The number of nitriles is 2. The zero-order chi connectivity index (χ0) is 9.40. The summed E-state index contributed by atoms with van der Waals surface area (Å²) in [6.45, 7) is 7.06. The van der Waals surface area contributed by atoms with Crippen LogP contribution in [0.5, 0.6) is 0 Å². The fraction of sp³-hybridized carbons (Fsp3) is 0.400. The van der Waals surface area contributed by atoms with Crippen LogP contribution >= 0.6 is 0 Å². The first-order valence-corrected chi connectivity index (χ1v) is 3.82. The van der Waals surface area contributed by atoms with E-state index >= 15 is 0 Å². The Bertz CT molecular complexity index is 203. The molecule has 0 aliphatic carbocycles. The average molecular weight is 160 g/mol. The van der Waals surface area contributed by atoms with Crippen molar-refractivity contribution in [1.82, 2.24) is 0 Å². The van der Waals surface area contributed by atoms with Crippen molar-refractivity contribution in [3.05, 3.63) is 25.3 Å². The Balaban J connectivity index is 3.82. The Morgan fingerprint density at radius 1 is 1.00 bits per heavy atom. The molecule has 62 valence electrons. The largest absolute Gasteiger partial charge is 0.198 e. The van der Waals surface area contributed by atoms with E-state index in [1.54, 1.807) is 12.2 Å². The van der Waals surface area contributed by atoms with Gasteiger partial charge in [-0.3, -0.25) is 0 Å². The molecule has 0 N–H and O–H groups in total. The van der Waals surface area contributed by atoms with Crippen molar-refractivity contribution in [2.24, 2.45) is 11.8 Å². The minimum Gasteiger partial charge on any atom is -0.198 e. The molecule has 0 aromatic heterocycles. The van der Waals surface area contributed by atoms with Gasteiger partial charge in [-0.05, 0) is 12.8 Å². The Hall–Kier alpha value is -1.54. The molecule has 0 saturated carbocycles. The second-order valence-corrected chi connectivity index (χ2v) is 2.52. The summed E-state index contributed by atoms with van der Waals surface area (Å²) in [6, 6.07) is 4.19. The van der Waals surface area contributed by atoms with Crippen molar-refractivity contribution in [2.75, 3.05) is 0 Å². The molecule has 0 radical (unpaired) electrons. The Labute approximate surface area is 73.4 Å². The van der Waals surface area contributed by atoms with Crippen LogP contribution in [0, 0.1) is 34.5 Å². The Morgan fingerprint density at radius 2 is 1.33 bits per heavy atom. The first-order chi connectivity index (χ1) is 5.78. The molecule has 2 nitrogen and oxygen atoms in total. The van der Waals surface area contributed by atoms with Gasteiger partial charge in [-0.15, -0.1) is 13.2 Å². The molecule has 0 bridgehead atoms. The van der Waals surface area contributed by atoms with E-state index in [2.05, 4.69) is 25.3 Å². The highest BCUT2D eigenvalue weighted by Gasteiger charge is 2.06. The lowest BCUT2D eigenvalue weighted by molar-refractivity contribution is 0.612. The summed E-state index contributed by atoms with van der Waals surface area (Å²) in [5, 5.41) is 17.1. The van der Waals surface area contributed by atoms with Crippen molar-refractivity contribution in [2.45, 2.75) is 12.8 Å². The summed E-state index contributed by atoms with van der Waals surface area (Å²) in [5.74, 6) is -0.276. The van der Waals surface area contributed by atoms with Crippen molar-refractivity contribution in [1.29, 1.82) is 10.5 Å². The highest BCUT2D eigenvalue weighted by atomic mass is 14.3. The molecule has 0 aliphatic heterocycles. The van der Waals surface area contributed by atoms with Gasteiger partial charge in [0.05, 0.1) is 24.0 Å². The van der Waals surface area contributed by atoms with Gasteiger partial charge in [0.1, 0.15) is 0 Å². The molecule has 2 heteroatoms. The minimum atomic E-state index is -0.138. The van der Waals surface area contributed by atoms with Crippen LogP contribution in [0.25, 0.3) is 0 Å². The molecule has 0 spiro atoms. The topological polar surface area (TPSA) is 47.6 Å². The molecular formula is C10H12N2. The van der Waals surface area contributed by atoms with E-state index in [-0.39, 0.29) is 11.8 Å². The molecule has 12 heavy (non-hydrogen) atoms. The molecule has 0 amide bonds. The van der Waals surface area contributed by atoms with Gasteiger partial charge in [-0.2, -0.15) is 10.5 Å². The summed E-state index contributed by atoms with van der Waals surface area (Å²) in [6.07, 6.45) is 4.59. The van der Waals surface area contributed by atoms with Crippen LogP contribution in [-0.4, -0.2) is 0 Å². The average Bonchev–Trinajstić information content (AvgIpc) is 2.13. The standard InChI is InChI=1S/C10H12N2/c1-3-9(7-11)5-6-10(4-2)8-12/h3-4,9-10H,1-2,5-6H2. The number of allylic oxidation sites excluding steroid dienone is 2. The molecule has 0 aromatic carbocycles. The monoisotopic (exact) mass is 160 g/mol. The van der Waals surface area contributed by atoms with Crippen LogP contribution in [0.1, 0.15) is 12.8 Å². The molecule has 0 fully saturated rings. The van der Waals surface area contributed by atoms with Crippen molar-refractivity contribution in [3.8, 4) is 12.1 Å². The Kier molecular flexibility index (Phi) is 5.39. The lowest BCUT2D eigenvalue weighted by Crippen LogP contribution is -1.97. The first-order valence-electron chi connectivity index (χ1n) is 3.82. The van der Waals surface area contributed by atoms with Gasteiger partial charge in [0.15, 0.2) is 0 Å². The molecule has 0 aromatic rings. The third kappa shape index (κ3) is 3.58. The molecule has 0 rings (SSSR count). The van der Waals surface area contributed by atoms with Gasteiger partial charge in [0.2, 0.25) is 0 Å². The zero-order valence-corrected chi connectivity index (χ0v) is 7.03. The fourth-order valence-corrected chi connectivity index (χ4v) is 0.829. The predicted molar refractivity (Wildman–Crippen MR) is 47.8 cm³/mol. The molecule has 0 aliphatic rings. The Morgan fingerprint density at radius 3 is 1.50 bits per heavy atom. The van der Waals surface area contributed by atoms with Gasteiger partial charge in [0, 0.05) is 0 Å². The quantitative estimate of drug-likeness (QED) is 0.580. The van der Waals surface area contributed by atoms with Crippen LogP contribution < -0.4 is 0 Å². The van der Waals surface area contributed by atoms with E-state index in [4.69, 9.17) is 10.5 Å². The number of hydrogen-bond donors (Lipinski definition) is 0. The second-order valence-electron chi connectivity index (χ2n) is 2.52. The highest BCUT2D eigenvalue weighted by molar-refractivity contribution is 5.00. The van der Waals surface area contributed by atoms with Gasteiger partial charge < -0.3 is 0 Å². The first kappa shape index (κ1) is 10.5. The molecule has 0 heterocycles. The van der Waals surface area contributed by atoms with E-state index in [1.807, 2.05) is 0 Å². The summed E-state index contributed by atoms with van der Waals surface area (Å²) >= 11 is 0. The maximum Gasteiger partial charge on any atom is 0.0697 e. The highest BCUT2D eigenvalue weighted by Crippen LogP contribution is 2.13. The summed E-state index contributed by atoms with van der Waals surface area (Å²) in [4.78, 5) is 0. The molecular weight excluding hydrogens is 148 g/mol. The van der Waals surface area contributed by atoms with E-state index < -0.39 is 0 Å². The summed E-state index contributed by atoms with van der Waals surface area (Å²) in [7, 11) is 0. The van der Waals surface area contributed by atoms with Crippen LogP contribution in [-0.2, 0) is 0 Å². The summed E-state index contributed by atoms with van der Waals surface area (Å²) in [5.41, 5.74) is 0. The van der Waals surface area contributed by atoms with E-state index in [1.165, 1.54) is 0 Å². The van der Waals surface area contributed by atoms with Gasteiger partial charge in [-0.1, -0.05) is 12.2 Å². The molecule has 0 saturated heterocycles. The van der Waals surface area contributed by atoms with Crippen LogP contribution in [0.4, 0.5) is 0 Å². The second kappa shape index (κ2) is 6.19. The van der Waals surface area contributed by atoms with Crippen molar-refractivity contribution < 1.29 is 0 Å². The molecule has 2 atom stereocenters. The van der Waals surface area contributed by atoms with Crippen LogP contribution in [0.3, 0.4) is 0 Å². The van der Waals surface area contributed by atoms with Gasteiger partial charge in [-0.25, -0.2) is 0 Å². The van der Waals surface area contributed by atoms with Crippen LogP contribution in [0.15, 0.2) is 25.3 Å². The molecule has 2 unspecified atom stereocenters. The van der Waals surface area contributed by atoms with Crippen molar-refractivity contribution in [3.63, 3.8) is 0 Å². The lowest BCUT2D eigenvalue weighted by Gasteiger charge is -2.04. The maximum absolute atomic E-state index is 8.55. The predicted octanol–water partition coefficient (Wildman–Crippen LogP) is 2.42. The zero-order valence-electron chi connectivity index (χ0n) is 7.03. The number of hydrogen-bond acceptors (Lipinski definition) is 2. The third-order valence-electron chi connectivity index (χ3n) is 1.69. The third-order valence-corrected chi connectivity index (χ3v) is 1.69. The van der Waals surface area contributed by atoms with Gasteiger partial charge >= 0.3 is 0 Å². The van der Waals surface area contributed by atoms with E-state index in [9.17, 15) is 0 Å². The fourth-order valence-electron chi connectivity index (χ4n) is 0.829. The maximum atomic E-state index is 8.55. The minimum absolute atomic E-state index is 0.138. The van der Waals surface area contributed by atoms with Gasteiger partial charge in [0.25, 0.3) is 0 Å².